The van der Waals surface area contributed by atoms with Gasteiger partial charge in [0.05, 0.1) is 18.8 Å². The Morgan fingerprint density at radius 2 is 0.885 bits per heavy atom. The van der Waals surface area contributed by atoms with Crippen LogP contribution in [-0.4, -0.2) is 238 Å². The summed E-state index contributed by atoms with van der Waals surface area (Å²) in [5.74, 6) is -11.3. The molecule has 1 fully saturated rings. The lowest BCUT2D eigenvalue weighted by atomic mass is 9.91. The van der Waals surface area contributed by atoms with Gasteiger partial charge >= 0.3 is 0 Å². The Morgan fingerprint density at radius 1 is 0.471 bits per heavy atom. The van der Waals surface area contributed by atoms with Gasteiger partial charge in [0.15, 0.2) is 0 Å². The monoisotopic (exact) mass is 1230 g/mol. The maximum atomic E-state index is 15.1. The summed E-state index contributed by atoms with van der Waals surface area (Å²) in [6.45, 7) is 26.0. The summed E-state index contributed by atoms with van der Waals surface area (Å²) in [4.78, 5) is 166. The highest BCUT2D eigenvalue weighted by Crippen LogP contribution is 2.24. The van der Waals surface area contributed by atoms with Gasteiger partial charge in [-0.25, -0.2) is 0 Å². The molecule has 0 aromatic rings. The van der Waals surface area contributed by atoms with Gasteiger partial charge in [-0.1, -0.05) is 95.2 Å². The largest absolute Gasteiger partial charge is 0.396 e. The predicted molar refractivity (Wildman–Crippen MR) is 331 cm³/mol. The summed E-state index contributed by atoms with van der Waals surface area (Å²) in [6, 6.07) is -13.6. The van der Waals surface area contributed by atoms with Crippen LogP contribution in [0.25, 0.3) is 0 Å². The Hall–Kier alpha value is -6.21. The molecule has 1 saturated heterocycles. The smallest absolute Gasteiger partial charge is 0.248 e. The fourth-order valence-corrected chi connectivity index (χ4v) is 10.6. The van der Waals surface area contributed by atoms with Gasteiger partial charge in [0.1, 0.15) is 60.4 Å². The Balaban J connectivity index is 4.36. The average Bonchev–Trinajstić information content (AvgIpc) is 1.34. The molecular weight excluding hydrogens is 1120 g/mol. The average molecular weight is 1230 g/mol. The molecule has 0 aromatic carbocycles. The number of allylic oxidation sites excluding steroid dienone is 2. The number of aliphatic hydroxyl groups is 3. The highest BCUT2D eigenvalue weighted by molar-refractivity contribution is 5.99. The third-order valence-corrected chi connectivity index (χ3v) is 16.0. The van der Waals surface area contributed by atoms with Gasteiger partial charge in [-0.15, -0.1) is 0 Å². The van der Waals surface area contributed by atoms with E-state index in [1.165, 1.54) is 68.0 Å². The zero-order valence-corrected chi connectivity index (χ0v) is 56.3. The first-order valence-corrected chi connectivity index (χ1v) is 30.9. The second-order valence-corrected chi connectivity index (χ2v) is 26.3. The molecule has 0 aromatic heterocycles. The van der Waals surface area contributed by atoms with Crippen LogP contribution in [0.4, 0.5) is 0 Å². The number of carbonyl (C=O) groups excluding carboxylic acids is 11. The van der Waals surface area contributed by atoms with Crippen molar-refractivity contribution in [1.82, 2.24) is 56.0 Å². The molecule has 1 aliphatic rings. The predicted octanol–water partition coefficient (Wildman–Crippen LogP) is 1.26. The maximum Gasteiger partial charge on any atom is 0.248 e. The van der Waals surface area contributed by atoms with Crippen LogP contribution in [0.15, 0.2) is 12.2 Å². The maximum absolute atomic E-state index is 15.1. The minimum Gasteiger partial charge on any atom is -0.396 e. The number of likely N-dealkylation sites (N-methyl/N-ethyl adjacent to an activating group) is 6. The standard InChI is InChI=1S/C62H111N11O14/c1-23-24-25-39(13)52(77)51-57(82)67-49(42(16)75)61(86)68(17)31-48(76)69(18)45(28-35(6)7)55(80)65-43(26-33(2)3)59(84)71(20)46(29-36(8)9)54(79)63-40(14)53(78)64-41(15)58(83)70(19)47(30-38(12)32-74)56(81)66-44(27-34(4)5)60(85)72(21)50(37(10)11)62(87)73(51)22/h23-24,33-47,49-52,74-75,77H,25-32H2,1-22H3,(H,63,79)(H,64,78)(H,65,80)(H,66,81)(H,67,82)/b24-23+/t38-,39+,40-,41+,42+,43-,44-,45-,46-,47-,49-,50-,51-,52+/m0/s1. The van der Waals surface area contributed by atoms with E-state index >= 15 is 4.79 Å². The van der Waals surface area contributed by atoms with Crippen molar-refractivity contribution >= 4 is 65.0 Å². The van der Waals surface area contributed by atoms with Crippen LogP contribution in [0.1, 0.15) is 149 Å². The minimum absolute atomic E-state index is 0.0467. The van der Waals surface area contributed by atoms with Crippen molar-refractivity contribution in [3.63, 3.8) is 0 Å². The number of nitrogens with one attached hydrogen (secondary N) is 5. The first kappa shape index (κ1) is 78.8. The summed E-state index contributed by atoms with van der Waals surface area (Å²) < 4.78 is 0. The van der Waals surface area contributed by atoms with Crippen LogP contribution in [0.2, 0.25) is 0 Å². The second kappa shape index (κ2) is 36.3. The van der Waals surface area contributed by atoms with Crippen LogP contribution < -0.4 is 26.6 Å². The number of aliphatic hydroxyl groups excluding tert-OH is 3. The lowest BCUT2D eigenvalue weighted by molar-refractivity contribution is -0.155. The van der Waals surface area contributed by atoms with Gasteiger partial charge < -0.3 is 71.3 Å². The van der Waals surface area contributed by atoms with Gasteiger partial charge in [0.25, 0.3) is 0 Å². The summed E-state index contributed by atoms with van der Waals surface area (Å²) in [6.07, 6.45) is 0.823. The molecule has 1 rings (SSSR count). The van der Waals surface area contributed by atoms with Crippen LogP contribution in [0, 0.1) is 41.4 Å². The molecule has 0 unspecified atom stereocenters. The molecule has 1 heterocycles. The quantitative estimate of drug-likeness (QED) is 0.0952. The molecule has 87 heavy (non-hydrogen) atoms. The van der Waals surface area contributed by atoms with E-state index in [4.69, 9.17) is 0 Å². The fraction of sp³-hybridized carbons (Fsp3) is 0.790. The number of carbonyl (C=O) groups is 11. The highest BCUT2D eigenvalue weighted by atomic mass is 16.3. The molecule has 0 aliphatic carbocycles. The normalized spacial score (nSPS) is 27.1. The third kappa shape index (κ3) is 23.4. The highest BCUT2D eigenvalue weighted by Gasteiger charge is 2.45. The van der Waals surface area contributed by atoms with Crippen molar-refractivity contribution in [3.05, 3.63) is 12.2 Å². The van der Waals surface area contributed by atoms with Crippen molar-refractivity contribution in [3.8, 4) is 0 Å². The van der Waals surface area contributed by atoms with E-state index in [1.807, 2.05) is 55.4 Å². The fourth-order valence-electron chi connectivity index (χ4n) is 10.6. The van der Waals surface area contributed by atoms with Gasteiger partial charge in [0.2, 0.25) is 65.0 Å². The van der Waals surface area contributed by atoms with E-state index in [0.29, 0.717) is 0 Å². The number of hydrogen-bond donors (Lipinski definition) is 8. The number of rotatable bonds is 17. The third-order valence-electron chi connectivity index (χ3n) is 16.0. The lowest BCUT2D eigenvalue weighted by Crippen LogP contribution is -2.64. The molecule has 498 valence electrons. The van der Waals surface area contributed by atoms with E-state index in [1.54, 1.807) is 46.8 Å². The topological polar surface area (TPSA) is 328 Å². The zero-order chi connectivity index (χ0) is 67.4. The molecular formula is C62H111N11O14. The van der Waals surface area contributed by atoms with Crippen LogP contribution in [0.5, 0.6) is 0 Å². The van der Waals surface area contributed by atoms with E-state index < -0.39 is 162 Å². The van der Waals surface area contributed by atoms with Crippen molar-refractivity contribution in [2.75, 3.05) is 55.4 Å². The second-order valence-electron chi connectivity index (χ2n) is 26.3. The van der Waals surface area contributed by atoms with E-state index in [2.05, 4.69) is 26.6 Å². The number of hydrogen-bond acceptors (Lipinski definition) is 14. The van der Waals surface area contributed by atoms with Crippen LogP contribution >= 0.6 is 0 Å². The molecule has 0 radical (unpaired) electrons. The molecule has 25 nitrogen and oxygen atoms in total. The molecule has 25 heteroatoms. The Morgan fingerprint density at radius 3 is 1.32 bits per heavy atom. The summed E-state index contributed by atoms with van der Waals surface area (Å²) in [7, 11) is 8.01. The van der Waals surface area contributed by atoms with Crippen molar-refractivity contribution in [2.24, 2.45) is 41.4 Å². The van der Waals surface area contributed by atoms with Crippen molar-refractivity contribution in [2.45, 2.75) is 222 Å². The first-order chi connectivity index (χ1) is 40.2. The Labute approximate surface area is 518 Å². The molecule has 0 spiro atoms. The lowest BCUT2D eigenvalue weighted by Gasteiger charge is -2.40. The SMILES string of the molecule is C/C=C/C[C@@H](C)[C@@H](O)[C@H]1C(=O)N[C@@H]([C@@H](C)O)C(=O)N(C)CC(=O)N(C)[C@@H](CC(C)C)C(=O)N[C@@H](CC(C)C)C(=O)N(C)[C@@H](CC(C)C)C(=O)N[C@@H](C)C(=O)N[C@H](C)C(=O)N(C)[C@@H](C[C@H](C)CO)C(=O)N[C@@H](CC(C)C)C(=O)N(C)[C@@H](C(C)C)C(=O)N1C. The Bertz CT molecular complexity index is 2370. The van der Waals surface area contributed by atoms with Crippen molar-refractivity contribution < 1.29 is 68.1 Å². The minimum atomic E-state index is -1.76. The van der Waals surface area contributed by atoms with E-state index in [0.717, 1.165) is 24.5 Å². The molecule has 14 atom stereocenters. The Kier molecular flexibility index (Phi) is 32.9. The molecule has 11 amide bonds. The van der Waals surface area contributed by atoms with E-state index in [-0.39, 0.29) is 68.8 Å². The molecule has 1 aliphatic heterocycles. The van der Waals surface area contributed by atoms with Crippen molar-refractivity contribution in [1.29, 1.82) is 0 Å². The van der Waals surface area contributed by atoms with E-state index in [9.17, 15) is 63.3 Å². The zero-order valence-electron chi connectivity index (χ0n) is 56.3. The summed E-state index contributed by atoms with van der Waals surface area (Å²) >= 11 is 0. The number of amides is 11. The van der Waals surface area contributed by atoms with Gasteiger partial charge in [-0.3, -0.25) is 52.7 Å². The van der Waals surface area contributed by atoms with Gasteiger partial charge in [-0.05, 0) is 108 Å². The number of nitrogens with zero attached hydrogens (tertiary/aromatic N) is 6. The van der Waals surface area contributed by atoms with Crippen LogP contribution in [0.3, 0.4) is 0 Å². The first-order valence-electron chi connectivity index (χ1n) is 30.9. The molecule has 0 bridgehead atoms. The molecule has 0 saturated carbocycles. The van der Waals surface area contributed by atoms with Gasteiger partial charge in [-0.2, -0.15) is 0 Å². The molecule has 8 N–H and O–H groups in total. The summed E-state index contributed by atoms with van der Waals surface area (Å²) in [5, 5.41) is 46.9. The van der Waals surface area contributed by atoms with Gasteiger partial charge in [0, 0.05) is 48.9 Å². The summed E-state index contributed by atoms with van der Waals surface area (Å²) in [5.41, 5.74) is 0. The van der Waals surface area contributed by atoms with Crippen LogP contribution in [-0.2, 0) is 52.7 Å².